The fourth-order valence-electron chi connectivity index (χ4n) is 3.72. The normalized spacial score (nSPS) is 14.3. The van der Waals surface area contributed by atoms with E-state index in [2.05, 4.69) is 17.3 Å². The van der Waals surface area contributed by atoms with Gasteiger partial charge in [0.1, 0.15) is 5.82 Å². The molecular weight excluding hydrogens is 363 g/mol. The zero-order chi connectivity index (χ0) is 19.7. The summed E-state index contributed by atoms with van der Waals surface area (Å²) in [5.74, 6) is 0.800. The van der Waals surface area contributed by atoms with Gasteiger partial charge in [-0.05, 0) is 49.4 Å². The molecule has 0 fully saturated rings. The smallest absolute Gasteiger partial charge is 0.370 e. The number of alkyl halides is 3. The van der Waals surface area contributed by atoms with Crippen molar-refractivity contribution in [1.82, 2.24) is 9.78 Å². The van der Waals surface area contributed by atoms with Crippen molar-refractivity contribution in [3.8, 4) is 16.9 Å². The molecule has 0 radical (unpaired) electrons. The second-order valence-electron chi connectivity index (χ2n) is 7.03. The van der Waals surface area contributed by atoms with Crippen LogP contribution in [0.15, 0.2) is 48.5 Å². The number of aryl methyl sites for hydroxylation is 1. The molecular formula is C22H22F3N3. The molecule has 28 heavy (non-hydrogen) atoms. The zero-order valence-electron chi connectivity index (χ0n) is 15.7. The molecule has 0 spiro atoms. The van der Waals surface area contributed by atoms with E-state index in [0.717, 1.165) is 48.9 Å². The molecule has 1 aliphatic rings. The lowest BCUT2D eigenvalue weighted by atomic mass is 9.99. The van der Waals surface area contributed by atoms with Crippen LogP contribution in [0.1, 0.15) is 36.5 Å². The quantitative estimate of drug-likeness (QED) is 0.611. The molecule has 0 unspecified atom stereocenters. The number of nitrogens with one attached hydrogen (secondary N) is 1. The first-order chi connectivity index (χ1) is 13.5. The summed E-state index contributed by atoms with van der Waals surface area (Å²) in [6.07, 6.45) is -0.892. The Kier molecular flexibility index (Phi) is 4.87. The maximum Gasteiger partial charge on any atom is 0.417 e. The number of halogens is 3. The molecule has 0 atom stereocenters. The Morgan fingerprint density at radius 1 is 1.04 bits per heavy atom. The van der Waals surface area contributed by atoms with Crippen LogP contribution in [0.25, 0.3) is 16.9 Å². The molecule has 2 heterocycles. The molecule has 1 aliphatic heterocycles. The third-order valence-electron chi connectivity index (χ3n) is 5.21. The topological polar surface area (TPSA) is 29.9 Å². The summed E-state index contributed by atoms with van der Waals surface area (Å²) in [6.45, 7) is 2.87. The van der Waals surface area contributed by atoms with E-state index < -0.39 is 11.7 Å². The third-order valence-corrected chi connectivity index (χ3v) is 5.21. The van der Waals surface area contributed by atoms with Crippen LogP contribution in [0, 0.1) is 0 Å². The van der Waals surface area contributed by atoms with Gasteiger partial charge in [0.05, 0.1) is 16.9 Å². The SMILES string of the molecule is CCc1ccc(-n2nc(-c3ccccc3C(F)(F)F)c3c2NCCCC3)cc1. The Hall–Kier alpha value is -2.76. The lowest BCUT2D eigenvalue weighted by Crippen LogP contribution is -2.08. The zero-order valence-corrected chi connectivity index (χ0v) is 15.7. The molecule has 0 saturated carbocycles. The lowest BCUT2D eigenvalue weighted by molar-refractivity contribution is -0.137. The Labute approximate surface area is 162 Å². The summed E-state index contributed by atoms with van der Waals surface area (Å²) in [6, 6.07) is 13.7. The van der Waals surface area contributed by atoms with Crippen molar-refractivity contribution in [3.63, 3.8) is 0 Å². The van der Waals surface area contributed by atoms with E-state index in [-0.39, 0.29) is 5.56 Å². The van der Waals surface area contributed by atoms with Gasteiger partial charge in [-0.15, -0.1) is 0 Å². The summed E-state index contributed by atoms with van der Waals surface area (Å²) < 4.78 is 42.6. The van der Waals surface area contributed by atoms with Gasteiger partial charge in [0.2, 0.25) is 0 Å². The number of benzene rings is 2. The van der Waals surface area contributed by atoms with E-state index in [9.17, 15) is 13.2 Å². The number of rotatable bonds is 3. The molecule has 3 aromatic rings. The van der Waals surface area contributed by atoms with Crippen molar-refractivity contribution >= 4 is 5.82 Å². The fourth-order valence-corrected chi connectivity index (χ4v) is 3.72. The molecule has 146 valence electrons. The number of hydrogen-bond acceptors (Lipinski definition) is 2. The van der Waals surface area contributed by atoms with Gasteiger partial charge in [0, 0.05) is 17.7 Å². The average Bonchev–Trinajstić information content (AvgIpc) is 2.88. The van der Waals surface area contributed by atoms with Gasteiger partial charge in [-0.3, -0.25) is 0 Å². The highest BCUT2D eigenvalue weighted by molar-refractivity contribution is 5.74. The molecule has 0 aliphatic carbocycles. The van der Waals surface area contributed by atoms with Crippen LogP contribution in [-0.4, -0.2) is 16.3 Å². The second-order valence-corrected chi connectivity index (χ2v) is 7.03. The highest BCUT2D eigenvalue weighted by Gasteiger charge is 2.35. The number of nitrogens with zero attached hydrogens (tertiary/aromatic N) is 2. The van der Waals surface area contributed by atoms with Gasteiger partial charge in [-0.1, -0.05) is 37.3 Å². The molecule has 6 heteroatoms. The van der Waals surface area contributed by atoms with E-state index in [4.69, 9.17) is 0 Å². The monoisotopic (exact) mass is 385 g/mol. The second kappa shape index (κ2) is 7.34. The van der Waals surface area contributed by atoms with Gasteiger partial charge in [0.25, 0.3) is 0 Å². The summed E-state index contributed by atoms with van der Waals surface area (Å²) in [7, 11) is 0. The van der Waals surface area contributed by atoms with Gasteiger partial charge in [0.15, 0.2) is 0 Å². The van der Waals surface area contributed by atoms with Crippen molar-refractivity contribution in [2.75, 3.05) is 11.9 Å². The maximum absolute atomic E-state index is 13.6. The Morgan fingerprint density at radius 3 is 2.50 bits per heavy atom. The van der Waals surface area contributed by atoms with Crippen LogP contribution >= 0.6 is 0 Å². The van der Waals surface area contributed by atoms with Crippen molar-refractivity contribution in [1.29, 1.82) is 0 Å². The van der Waals surface area contributed by atoms with E-state index in [0.29, 0.717) is 12.1 Å². The van der Waals surface area contributed by atoms with Gasteiger partial charge in [-0.25, -0.2) is 4.68 Å². The Balaban J connectivity index is 1.91. The highest BCUT2D eigenvalue weighted by Crippen LogP contribution is 2.40. The van der Waals surface area contributed by atoms with Crippen molar-refractivity contribution in [2.24, 2.45) is 0 Å². The van der Waals surface area contributed by atoms with Crippen LogP contribution in [0.5, 0.6) is 0 Å². The van der Waals surface area contributed by atoms with Crippen LogP contribution in [0.4, 0.5) is 19.0 Å². The summed E-state index contributed by atoms with van der Waals surface area (Å²) in [5, 5.41) is 8.05. The summed E-state index contributed by atoms with van der Waals surface area (Å²) in [4.78, 5) is 0. The van der Waals surface area contributed by atoms with Gasteiger partial charge >= 0.3 is 6.18 Å². The van der Waals surface area contributed by atoms with Crippen molar-refractivity contribution < 1.29 is 13.2 Å². The fraction of sp³-hybridized carbons (Fsp3) is 0.318. The van der Waals surface area contributed by atoms with Crippen molar-refractivity contribution in [3.05, 3.63) is 65.2 Å². The van der Waals surface area contributed by atoms with Crippen LogP contribution in [0.2, 0.25) is 0 Å². The minimum Gasteiger partial charge on any atom is -0.370 e. The Morgan fingerprint density at radius 2 is 1.79 bits per heavy atom. The summed E-state index contributed by atoms with van der Waals surface area (Å²) >= 11 is 0. The molecule has 2 aromatic carbocycles. The van der Waals surface area contributed by atoms with Gasteiger partial charge < -0.3 is 5.32 Å². The molecule has 1 aromatic heterocycles. The molecule has 1 N–H and O–H groups in total. The first kappa shape index (κ1) is 18.6. The minimum atomic E-state index is -4.42. The van der Waals surface area contributed by atoms with Gasteiger partial charge in [-0.2, -0.15) is 18.3 Å². The third kappa shape index (κ3) is 3.39. The van der Waals surface area contributed by atoms with Crippen LogP contribution in [0.3, 0.4) is 0 Å². The summed E-state index contributed by atoms with van der Waals surface area (Å²) in [5.41, 5.74) is 2.81. The van der Waals surface area contributed by atoms with E-state index in [1.165, 1.54) is 17.7 Å². The Bertz CT molecular complexity index is 972. The highest BCUT2D eigenvalue weighted by atomic mass is 19.4. The molecule has 0 amide bonds. The van der Waals surface area contributed by atoms with Crippen molar-refractivity contribution in [2.45, 2.75) is 38.8 Å². The number of anilines is 1. The maximum atomic E-state index is 13.6. The average molecular weight is 385 g/mol. The predicted octanol–water partition coefficient (Wildman–Crippen LogP) is 5.87. The lowest BCUT2D eigenvalue weighted by Gasteiger charge is -2.12. The van der Waals surface area contributed by atoms with Crippen LogP contribution in [-0.2, 0) is 19.0 Å². The molecule has 0 bridgehead atoms. The number of fused-ring (bicyclic) bond motifs is 1. The van der Waals surface area contributed by atoms with E-state index >= 15 is 0 Å². The minimum absolute atomic E-state index is 0.138. The van der Waals surface area contributed by atoms with E-state index in [1.54, 1.807) is 10.7 Å². The standard InChI is InChI=1S/C22H22F3N3/c1-2-15-10-12-16(13-11-15)28-21-18(8-5-6-14-26-21)20(27-28)17-7-3-4-9-19(17)22(23,24)25/h3-4,7,9-13,26H,2,5-6,8,14H2,1H3. The van der Waals surface area contributed by atoms with Crippen LogP contribution < -0.4 is 5.32 Å². The molecule has 4 rings (SSSR count). The number of aromatic nitrogens is 2. The largest absolute Gasteiger partial charge is 0.417 e. The first-order valence-electron chi connectivity index (χ1n) is 9.60. The molecule has 0 saturated heterocycles. The first-order valence-corrected chi connectivity index (χ1v) is 9.60. The molecule has 3 nitrogen and oxygen atoms in total. The number of hydrogen-bond donors (Lipinski definition) is 1. The predicted molar refractivity (Wildman–Crippen MR) is 105 cm³/mol. The van der Waals surface area contributed by atoms with E-state index in [1.807, 2.05) is 24.3 Å².